The molecule has 0 aliphatic carbocycles. The van der Waals surface area contributed by atoms with Crippen LogP contribution in [-0.2, 0) is 6.54 Å². The lowest BCUT2D eigenvalue weighted by Gasteiger charge is -1.94. The lowest BCUT2D eigenvalue weighted by Crippen LogP contribution is -2.00. The van der Waals surface area contributed by atoms with E-state index in [9.17, 15) is 10.1 Å². The lowest BCUT2D eigenvalue weighted by atomic mass is 10.3. The lowest BCUT2D eigenvalue weighted by molar-refractivity contribution is -0.385. The molecular formula is C11H8N6O3. The van der Waals surface area contributed by atoms with Crippen LogP contribution in [0, 0.1) is 10.1 Å². The average Bonchev–Trinajstić information content (AvgIpc) is 3.10. The number of hydrogen-bond acceptors (Lipinski definition) is 7. The van der Waals surface area contributed by atoms with Crippen molar-refractivity contribution in [3.8, 4) is 11.5 Å². The molecule has 0 spiro atoms. The molecule has 3 rings (SSSR count). The number of nitro groups is 1. The largest absolute Gasteiger partial charge is 0.419 e. The monoisotopic (exact) mass is 272 g/mol. The molecular weight excluding hydrogens is 264 g/mol. The molecule has 3 aromatic heterocycles. The predicted molar refractivity (Wildman–Crippen MR) is 65.5 cm³/mol. The van der Waals surface area contributed by atoms with Gasteiger partial charge in [-0.1, -0.05) is 0 Å². The highest BCUT2D eigenvalue weighted by Crippen LogP contribution is 2.17. The topological polar surface area (TPSA) is 113 Å². The summed E-state index contributed by atoms with van der Waals surface area (Å²) in [4.78, 5) is 13.9. The summed E-state index contributed by atoms with van der Waals surface area (Å²) in [7, 11) is 0. The molecule has 3 heterocycles. The zero-order chi connectivity index (χ0) is 13.9. The van der Waals surface area contributed by atoms with Crippen LogP contribution in [0.15, 0.2) is 41.3 Å². The van der Waals surface area contributed by atoms with Gasteiger partial charge >= 0.3 is 5.69 Å². The number of nitrogens with zero attached hydrogens (tertiary/aromatic N) is 6. The molecule has 0 aliphatic rings. The Morgan fingerprint density at radius 3 is 2.80 bits per heavy atom. The molecule has 0 radical (unpaired) electrons. The Morgan fingerprint density at radius 1 is 1.30 bits per heavy atom. The van der Waals surface area contributed by atoms with Gasteiger partial charge in [0.05, 0.1) is 4.92 Å². The van der Waals surface area contributed by atoms with E-state index in [4.69, 9.17) is 4.42 Å². The van der Waals surface area contributed by atoms with Crippen LogP contribution in [0.3, 0.4) is 0 Å². The summed E-state index contributed by atoms with van der Waals surface area (Å²) in [5.74, 6) is 0.680. The Balaban J connectivity index is 1.78. The molecule has 3 aromatic rings. The first-order valence-electron chi connectivity index (χ1n) is 5.62. The molecule has 9 heteroatoms. The Kier molecular flexibility index (Phi) is 2.92. The van der Waals surface area contributed by atoms with Crippen LogP contribution >= 0.6 is 0 Å². The SMILES string of the molecule is O=[N+]([O-])c1cnn(Cc2nnc(-c3ccncc3)o2)c1. The summed E-state index contributed by atoms with van der Waals surface area (Å²) < 4.78 is 6.83. The summed E-state index contributed by atoms with van der Waals surface area (Å²) >= 11 is 0. The second kappa shape index (κ2) is 4.88. The van der Waals surface area contributed by atoms with Crippen molar-refractivity contribution < 1.29 is 9.34 Å². The first-order valence-corrected chi connectivity index (χ1v) is 5.62. The van der Waals surface area contributed by atoms with Crippen molar-refractivity contribution in [2.75, 3.05) is 0 Å². The van der Waals surface area contributed by atoms with Gasteiger partial charge < -0.3 is 4.42 Å². The molecule has 0 amide bonds. The van der Waals surface area contributed by atoms with E-state index in [1.165, 1.54) is 17.1 Å². The molecule has 0 aliphatic heterocycles. The summed E-state index contributed by atoms with van der Waals surface area (Å²) in [5, 5.41) is 22.2. The van der Waals surface area contributed by atoms with Gasteiger partial charge in [-0.15, -0.1) is 10.2 Å². The molecule has 0 aromatic carbocycles. The molecule has 20 heavy (non-hydrogen) atoms. The molecule has 0 fully saturated rings. The highest BCUT2D eigenvalue weighted by atomic mass is 16.6. The average molecular weight is 272 g/mol. The molecule has 0 unspecified atom stereocenters. The summed E-state index contributed by atoms with van der Waals surface area (Å²) in [6, 6.07) is 3.49. The molecule has 0 saturated heterocycles. The first-order chi connectivity index (χ1) is 9.72. The maximum Gasteiger partial charge on any atom is 0.307 e. The molecule has 0 atom stereocenters. The van der Waals surface area contributed by atoms with Crippen molar-refractivity contribution >= 4 is 5.69 Å². The number of hydrogen-bond donors (Lipinski definition) is 0. The Morgan fingerprint density at radius 2 is 2.10 bits per heavy atom. The fourth-order valence-electron chi connectivity index (χ4n) is 1.60. The van der Waals surface area contributed by atoms with Crippen LogP contribution in [0.5, 0.6) is 0 Å². The van der Waals surface area contributed by atoms with Gasteiger partial charge in [-0.2, -0.15) is 5.10 Å². The Bertz CT molecular complexity index is 735. The highest BCUT2D eigenvalue weighted by molar-refractivity contribution is 5.50. The quantitative estimate of drug-likeness (QED) is 0.519. The van der Waals surface area contributed by atoms with Gasteiger partial charge in [-0.3, -0.25) is 19.8 Å². The number of pyridine rings is 1. The van der Waals surface area contributed by atoms with E-state index in [0.717, 1.165) is 5.56 Å². The van der Waals surface area contributed by atoms with Crippen LogP contribution in [0.25, 0.3) is 11.5 Å². The maximum atomic E-state index is 10.6. The van der Waals surface area contributed by atoms with Crippen molar-refractivity contribution in [2.45, 2.75) is 6.54 Å². The minimum absolute atomic E-state index is 0.0844. The van der Waals surface area contributed by atoms with Crippen molar-refractivity contribution in [2.24, 2.45) is 0 Å². The van der Waals surface area contributed by atoms with Gasteiger partial charge in [-0.05, 0) is 12.1 Å². The van der Waals surface area contributed by atoms with E-state index in [0.29, 0.717) is 11.8 Å². The Hall–Kier alpha value is -3.10. The fourth-order valence-corrected chi connectivity index (χ4v) is 1.60. The van der Waals surface area contributed by atoms with Crippen molar-refractivity contribution in [3.05, 3.63) is 52.9 Å². The second-order valence-electron chi connectivity index (χ2n) is 3.89. The van der Waals surface area contributed by atoms with Crippen LogP contribution in [-0.4, -0.2) is 29.9 Å². The Labute approximate surface area is 112 Å². The predicted octanol–water partition coefficient (Wildman–Crippen LogP) is 1.28. The van der Waals surface area contributed by atoms with Gasteiger partial charge in [0, 0.05) is 18.0 Å². The summed E-state index contributed by atoms with van der Waals surface area (Å²) in [5.41, 5.74) is 0.670. The molecule has 0 saturated carbocycles. The van der Waals surface area contributed by atoms with E-state index in [2.05, 4.69) is 20.3 Å². The van der Waals surface area contributed by atoms with E-state index < -0.39 is 4.92 Å². The molecule has 100 valence electrons. The van der Waals surface area contributed by atoms with E-state index in [-0.39, 0.29) is 12.2 Å². The first kappa shape index (κ1) is 12.0. The number of aromatic nitrogens is 5. The zero-order valence-electron chi connectivity index (χ0n) is 10.1. The van der Waals surface area contributed by atoms with Gasteiger partial charge in [-0.25, -0.2) is 0 Å². The number of rotatable bonds is 4. The minimum atomic E-state index is -0.514. The molecule has 9 nitrogen and oxygen atoms in total. The van der Waals surface area contributed by atoms with E-state index >= 15 is 0 Å². The smallest absolute Gasteiger partial charge is 0.307 e. The van der Waals surface area contributed by atoms with Crippen LogP contribution in [0.1, 0.15) is 5.89 Å². The molecule has 0 N–H and O–H groups in total. The van der Waals surface area contributed by atoms with Crippen molar-refractivity contribution in [1.29, 1.82) is 0 Å². The van der Waals surface area contributed by atoms with E-state index in [1.54, 1.807) is 24.5 Å². The van der Waals surface area contributed by atoms with Crippen LogP contribution < -0.4 is 0 Å². The maximum absolute atomic E-state index is 10.6. The standard InChI is InChI=1S/C11H8N6O3/c18-17(19)9-5-13-16(6-9)7-10-14-15-11(20-10)8-1-3-12-4-2-8/h1-6H,7H2. The minimum Gasteiger partial charge on any atom is -0.419 e. The summed E-state index contributed by atoms with van der Waals surface area (Å²) in [6.07, 6.45) is 5.71. The molecule has 0 bridgehead atoms. The second-order valence-corrected chi connectivity index (χ2v) is 3.89. The van der Waals surface area contributed by atoms with Gasteiger partial charge in [0.25, 0.3) is 0 Å². The normalized spacial score (nSPS) is 10.6. The van der Waals surface area contributed by atoms with Crippen LogP contribution in [0.4, 0.5) is 5.69 Å². The third-order valence-electron chi connectivity index (χ3n) is 2.52. The third kappa shape index (κ3) is 2.36. The van der Waals surface area contributed by atoms with E-state index in [1.807, 2.05) is 0 Å². The summed E-state index contributed by atoms with van der Waals surface area (Å²) in [6.45, 7) is 0.173. The fraction of sp³-hybridized carbons (Fsp3) is 0.0909. The van der Waals surface area contributed by atoms with Gasteiger partial charge in [0.15, 0.2) is 0 Å². The van der Waals surface area contributed by atoms with Crippen molar-refractivity contribution in [1.82, 2.24) is 25.0 Å². The highest BCUT2D eigenvalue weighted by Gasteiger charge is 2.12. The zero-order valence-corrected chi connectivity index (χ0v) is 10.1. The van der Waals surface area contributed by atoms with Gasteiger partial charge in [0.1, 0.15) is 18.9 Å². The van der Waals surface area contributed by atoms with Gasteiger partial charge in [0.2, 0.25) is 11.8 Å². The van der Waals surface area contributed by atoms with Crippen molar-refractivity contribution in [3.63, 3.8) is 0 Å². The third-order valence-corrected chi connectivity index (χ3v) is 2.52. The van der Waals surface area contributed by atoms with Crippen LogP contribution in [0.2, 0.25) is 0 Å².